The number of benzene rings is 1. The van der Waals surface area contributed by atoms with Crippen LogP contribution in [0.1, 0.15) is 10.6 Å². The van der Waals surface area contributed by atoms with E-state index in [0.717, 1.165) is 0 Å². The van der Waals surface area contributed by atoms with Crippen LogP contribution in [-0.2, 0) is 7.05 Å². The van der Waals surface area contributed by atoms with Crippen LogP contribution >= 0.6 is 0 Å². The van der Waals surface area contributed by atoms with E-state index in [-0.39, 0.29) is 5.82 Å². The molecule has 6 heteroatoms. The van der Waals surface area contributed by atoms with E-state index >= 15 is 0 Å². The lowest BCUT2D eigenvalue weighted by atomic mass is 10.3. The zero-order valence-electron chi connectivity index (χ0n) is 8.49. The largest absolute Gasteiger partial charge is 0.475 e. The minimum Gasteiger partial charge on any atom is -0.475 e. The Hall–Kier alpha value is -2.37. The summed E-state index contributed by atoms with van der Waals surface area (Å²) in [6.07, 6.45) is 0. The fraction of sp³-hybridized carbons (Fsp3) is 0.100. The minimum absolute atomic E-state index is 0.283. The number of hydrogen-bond donors (Lipinski definition) is 1. The Bertz CT molecular complexity index is 583. The number of carboxylic acid groups (broad SMARTS) is 1. The van der Waals surface area contributed by atoms with E-state index in [4.69, 9.17) is 5.11 Å². The van der Waals surface area contributed by atoms with Crippen molar-refractivity contribution in [1.29, 1.82) is 0 Å². The van der Waals surface area contributed by atoms with E-state index in [2.05, 4.69) is 4.98 Å². The van der Waals surface area contributed by atoms with Crippen LogP contribution in [0.4, 0.5) is 0 Å². The Morgan fingerprint density at radius 2 is 1.94 bits per heavy atom. The quantitative estimate of drug-likeness (QED) is 0.786. The maximum absolute atomic E-state index is 11.5. The van der Waals surface area contributed by atoms with Gasteiger partial charge in [-0.2, -0.15) is 9.67 Å². The van der Waals surface area contributed by atoms with Crippen LogP contribution in [0.25, 0.3) is 5.69 Å². The topological polar surface area (TPSA) is 77.1 Å². The summed E-state index contributed by atoms with van der Waals surface area (Å²) in [6.45, 7) is 0. The predicted molar refractivity (Wildman–Crippen MR) is 55.8 cm³/mol. The molecule has 0 saturated carbocycles. The number of para-hydroxylation sites is 1. The van der Waals surface area contributed by atoms with Crippen LogP contribution in [-0.4, -0.2) is 25.4 Å². The number of nitrogens with zero attached hydrogens (tertiary/aromatic N) is 3. The molecule has 1 aromatic carbocycles. The van der Waals surface area contributed by atoms with E-state index in [9.17, 15) is 9.59 Å². The first-order valence-corrected chi connectivity index (χ1v) is 4.56. The van der Waals surface area contributed by atoms with E-state index < -0.39 is 11.7 Å². The fourth-order valence-corrected chi connectivity index (χ4v) is 1.47. The lowest BCUT2D eigenvalue weighted by Crippen LogP contribution is -2.20. The van der Waals surface area contributed by atoms with Crippen molar-refractivity contribution in [3.63, 3.8) is 0 Å². The Morgan fingerprint density at radius 1 is 1.31 bits per heavy atom. The summed E-state index contributed by atoms with van der Waals surface area (Å²) in [5, 5.41) is 8.81. The Kier molecular flexibility index (Phi) is 2.32. The zero-order chi connectivity index (χ0) is 11.7. The first-order valence-electron chi connectivity index (χ1n) is 4.56. The van der Waals surface area contributed by atoms with Gasteiger partial charge in [0, 0.05) is 7.05 Å². The first-order chi connectivity index (χ1) is 7.61. The average molecular weight is 219 g/mol. The average Bonchev–Trinajstić information content (AvgIpc) is 2.56. The van der Waals surface area contributed by atoms with Crippen molar-refractivity contribution in [2.24, 2.45) is 7.05 Å². The van der Waals surface area contributed by atoms with E-state index in [1.54, 1.807) is 24.3 Å². The standard InChI is InChI=1S/C10H9N3O3/c1-12-8(9(14)15)11-10(16)13(12)7-5-3-2-4-6-7/h2-6H,1H3,(H,14,15). The van der Waals surface area contributed by atoms with Gasteiger partial charge in [-0.25, -0.2) is 9.59 Å². The van der Waals surface area contributed by atoms with Gasteiger partial charge in [-0.3, -0.25) is 4.68 Å². The highest BCUT2D eigenvalue weighted by Gasteiger charge is 2.16. The van der Waals surface area contributed by atoms with Crippen molar-refractivity contribution >= 4 is 5.97 Å². The van der Waals surface area contributed by atoms with Gasteiger partial charge in [-0.05, 0) is 12.1 Å². The fourth-order valence-electron chi connectivity index (χ4n) is 1.47. The molecule has 0 fully saturated rings. The van der Waals surface area contributed by atoms with Gasteiger partial charge in [0.15, 0.2) is 0 Å². The molecule has 16 heavy (non-hydrogen) atoms. The molecule has 0 saturated heterocycles. The van der Waals surface area contributed by atoms with Crippen molar-refractivity contribution in [2.45, 2.75) is 0 Å². The highest BCUT2D eigenvalue weighted by atomic mass is 16.4. The monoisotopic (exact) mass is 219 g/mol. The van der Waals surface area contributed by atoms with Crippen LogP contribution in [0.15, 0.2) is 35.1 Å². The molecule has 6 nitrogen and oxygen atoms in total. The van der Waals surface area contributed by atoms with E-state index in [0.29, 0.717) is 5.69 Å². The van der Waals surface area contributed by atoms with Crippen LogP contribution in [0.3, 0.4) is 0 Å². The second-order valence-electron chi connectivity index (χ2n) is 3.19. The second kappa shape index (κ2) is 3.65. The molecular weight excluding hydrogens is 210 g/mol. The number of carboxylic acids is 1. The van der Waals surface area contributed by atoms with Crippen LogP contribution < -0.4 is 5.69 Å². The lowest BCUT2D eigenvalue weighted by molar-refractivity contribution is 0.0677. The van der Waals surface area contributed by atoms with Crippen molar-refractivity contribution in [1.82, 2.24) is 14.3 Å². The van der Waals surface area contributed by atoms with Crippen molar-refractivity contribution in [3.8, 4) is 5.69 Å². The van der Waals surface area contributed by atoms with E-state index in [1.807, 2.05) is 6.07 Å². The molecule has 2 rings (SSSR count). The summed E-state index contributed by atoms with van der Waals surface area (Å²) >= 11 is 0. The molecule has 0 unspecified atom stereocenters. The molecule has 0 aliphatic heterocycles. The molecule has 0 bridgehead atoms. The predicted octanol–water partition coefficient (Wildman–Crippen LogP) is 0.269. The number of hydrogen-bond acceptors (Lipinski definition) is 3. The molecule has 0 amide bonds. The molecular formula is C10H9N3O3. The van der Waals surface area contributed by atoms with Gasteiger partial charge in [-0.15, -0.1) is 0 Å². The number of aromatic nitrogens is 3. The molecule has 1 aromatic heterocycles. The van der Waals surface area contributed by atoms with Gasteiger partial charge in [-0.1, -0.05) is 18.2 Å². The van der Waals surface area contributed by atoms with Gasteiger partial charge in [0.1, 0.15) is 0 Å². The summed E-state index contributed by atoms with van der Waals surface area (Å²) in [5.74, 6) is -1.51. The van der Waals surface area contributed by atoms with Crippen LogP contribution in [0.5, 0.6) is 0 Å². The third-order valence-corrected chi connectivity index (χ3v) is 2.18. The van der Waals surface area contributed by atoms with Gasteiger partial charge < -0.3 is 5.11 Å². The molecule has 1 heterocycles. The molecule has 2 aromatic rings. The molecule has 0 spiro atoms. The zero-order valence-corrected chi connectivity index (χ0v) is 8.49. The summed E-state index contributed by atoms with van der Waals surface area (Å²) in [6, 6.07) is 8.73. The van der Waals surface area contributed by atoms with Gasteiger partial charge >= 0.3 is 11.7 Å². The third kappa shape index (κ3) is 1.50. The Morgan fingerprint density at radius 3 is 2.44 bits per heavy atom. The number of carbonyl (C=O) groups is 1. The van der Waals surface area contributed by atoms with Gasteiger partial charge in [0.25, 0.3) is 0 Å². The first kappa shape index (κ1) is 10.2. The number of rotatable bonds is 2. The molecule has 82 valence electrons. The molecule has 0 aliphatic rings. The third-order valence-electron chi connectivity index (χ3n) is 2.18. The van der Waals surface area contributed by atoms with Gasteiger partial charge in [0.2, 0.25) is 5.82 Å². The summed E-state index contributed by atoms with van der Waals surface area (Å²) in [7, 11) is 1.48. The Labute approximate surface area is 90.4 Å². The second-order valence-corrected chi connectivity index (χ2v) is 3.19. The molecule has 0 aliphatic carbocycles. The molecule has 0 radical (unpaired) electrons. The maximum atomic E-state index is 11.5. The number of aromatic carboxylic acids is 1. The molecule has 0 atom stereocenters. The summed E-state index contributed by atoms with van der Waals surface area (Å²) < 4.78 is 2.41. The minimum atomic E-state index is -1.23. The van der Waals surface area contributed by atoms with Crippen LogP contribution in [0, 0.1) is 0 Å². The van der Waals surface area contributed by atoms with Crippen molar-refractivity contribution in [3.05, 3.63) is 46.6 Å². The van der Waals surface area contributed by atoms with Crippen molar-refractivity contribution < 1.29 is 9.90 Å². The van der Waals surface area contributed by atoms with Crippen LogP contribution in [0.2, 0.25) is 0 Å². The maximum Gasteiger partial charge on any atom is 0.373 e. The van der Waals surface area contributed by atoms with Crippen molar-refractivity contribution in [2.75, 3.05) is 0 Å². The van der Waals surface area contributed by atoms with Gasteiger partial charge in [0.05, 0.1) is 5.69 Å². The molecule has 1 N–H and O–H groups in total. The summed E-state index contributed by atoms with van der Waals surface area (Å²) in [4.78, 5) is 25.8. The Balaban J connectivity index is 2.68. The van der Waals surface area contributed by atoms with E-state index in [1.165, 1.54) is 16.4 Å². The highest BCUT2D eigenvalue weighted by molar-refractivity contribution is 5.83. The SMILES string of the molecule is Cn1c(C(=O)O)nc(=O)n1-c1ccccc1. The normalized spacial score (nSPS) is 10.3. The lowest BCUT2D eigenvalue weighted by Gasteiger charge is -2.05. The smallest absolute Gasteiger partial charge is 0.373 e. The summed E-state index contributed by atoms with van der Waals surface area (Å²) in [5.41, 5.74) is -0.0268. The highest BCUT2D eigenvalue weighted by Crippen LogP contribution is 2.04.